The highest BCUT2D eigenvalue weighted by Crippen LogP contribution is 2.56. The van der Waals surface area contributed by atoms with Crippen molar-refractivity contribution in [2.75, 3.05) is 11.5 Å². The van der Waals surface area contributed by atoms with Gasteiger partial charge in [-0.2, -0.15) is 5.26 Å². The minimum Gasteiger partial charge on any atom is -0.494 e. The van der Waals surface area contributed by atoms with Gasteiger partial charge >= 0.3 is 0 Å². The van der Waals surface area contributed by atoms with Crippen LogP contribution in [0.5, 0.6) is 11.5 Å². The fourth-order valence-electron chi connectivity index (χ4n) is 5.30. The standard InChI is InChI=1S/C28H26N2O3/c1-4-32-21-12-13-23-25(15-21)33-27(2,3)18-28(23)22-10-5-6-11-24(22)30(26(28)31)17-20-9-7-8-19(14-20)16-29/h5-15H,4,17-18H2,1-3H3. The number of benzene rings is 3. The zero-order valence-corrected chi connectivity index (χ0v) is 19.1. The van der Waals surface area contributed by atoms with Crippen molar-refractivity contribution in [2.24, 2.45) is 0 Å². The van der Waals surface area contributed by atoms with Gasteiger partial charge in [-0.05, 0) is 56.2 Å². The largest absolute Gasteiger partial charge is 0.494 e. The molecule has 3 aromatic carbocycles. The topological polar surface area (TPSA) is 62.6 Å². The summed E-state index contributed by atoms with van der Waals surface area (Å²) in [7, 11) is 0. The highest BCUT2D eigenvalue weighted by Gasteiger charge is 2.58. The highest BCUT2D eigenvalue weighted by molar-refractivity contribution is 6.11. The molecule has 1 spiro atoms. The monoisotopic (exact) mass is 438 g/mol. The van der Waals surface area contributed by atoms with Crippen molar-refractivity contribution in [3.8, 4) is 17.6 Å². The quantitative estimate of drug-likeness (QED) is 0.551. The van der Waals surface area contributed by atoms with E-state index in [2.05, 4.69) is 12.1 Å². The molecule has 0 aromatic heterocycles. The lowest BCUT2D eigenvalue weighted by atomic mass is 9.67. The molecular weight excluding hydrogens is 412 g/mol. The molecule has 5 nitrogen and oxygen atoms in total. The summed E-state index contributed by atoms with van der Waals surface area (Å²) in [6.45, 7) is 6.97. The molecule has 2 aliphatic heterocycles. The molecule has 5 heteroatoms. The maximum Gasteiger partial charge on any atom is 0.242 e. The molecule has 5 rings (SSSR count). The van der Waals surface area contributed by atoms with E-state index in [9.17, 15) is 10.1 Å². The third-order valence-corrected chi connectivity index (χ3v) is 6.46. The van der Waals surface area contributed by atoms with Gasteiger partial charge in [0.05, 0.1) is 24.8 Å². The molecule has 0 bridgehead atoms. The van der Waals surface area contributed by atoms with Crippen molar-refractivity contribution >= 4 is 11.6 Å². The van der Waals surface area contributed by atoms with Crippen LogP contribution < -0.4 is 14.4 Å². The van der Waals surface area contributed by atoms with Gasteiger partial charge in [0.15, 0.2) is 0 Å². The summed E-state index contributed by atoms with van der Waals surface area (Å²) in [5.74, 6) is 1.45. The molecule has 3 aromatic rings. The first-order chi connectivity index (χ1) is 15.9. The molecule has 166 valence electrons. The first-order valence-corrected chi connectivity index (χ1v) is 11.2. The van der Waals surface area contributed by atoms with Crippen LogP contribution in [0.4, 0.5) is 5.69 Å². The summed E-state index contributed by atoms with van der Waals surface area (Å²) in [5, 5.41) is 9.30. The molecule has 33 heavy (non-hydrogen) atoms. The molecule has 0 fully saturated rings. The maximum atomic E-state index is 14.3. The number of fused-ring (bicyclic) bond motifs is 4. The normalized spacial score (nSPS) is 20.1. The van der Waals surface area contributed by atoms with E-state index in [0.717, 1.165) is 28.1 Å². The van der Waals surface area contributed by atoms with E-state index in [1.165, 1.54) is 0 Å². The molecule has 0 N–H and O–H groups in total. The van der Waals surface area contributed by atoms with Crippen LogP contribution in [0.15, 0.2) is 66.7 Å². The molecule has 1 atom stereocenters. The van der Waals surface area contributed by atoms with Crippen LogP contribution in [0.2, 0.25) is 0 Å². The zero-order valence-electron chi connectivity index (χ0n) is 19.1. The summed E-state index contributed by atoms with van der Waals surface area (Å²) < 4.78 is 12.1. The van der Waals surface area contributed by atoms with E-state index in [4.69, 9.17) is 9.47 Å². The minimum atomic E-state index is -0.842. The Hall–Kier alpha value is -3.78. The molecule has 0 aliphatic carbocycles. The average Bonchev–Trinajstić information content (AvgIpc) is 3.02. The Bertz CT molecular complexity index is 1290. The number of anilines is 1. The van der Waals surface area contributed by atoms with E-state index in [1.54, 1.807) is 6.07 Å². The minimum absolute atomic E-state index is 0.0350. The second-order valence-corrected chi connectivity index (χ2v) is 9.26. The van der Waals surface area contributed by atoms with Gasteiger partial charge < -0.3 is 14.4 Å². The third-order valence-electron chi connectivity index (χ3n) is 6.46. The Morgan fingerprint density at radius 3 is 2.67 bits per heavy atom. The second-order valence-electron chi connectivity index (χ2n) is 9.26. The van der Waals surface area contributed by atoms with Crippen molar-refractivity contribution in [3.63, 3.8) is 0 Å². The fraction of sp³-hybridized carbons (Fsp3) is 0.286. The molecule has 1 amide bonds. The van der Waals surface area contributed by atoms with Crippen LogP contribution in [0.3, 0.4) is 0 Å². The van der Waals surface area contributed by atoms with E-state index in [1.807, 2.05) is 80.3 Å². The van der Waals surface area contributed by atoms with Gasteiger partial charge in [0, 0.05) is 23.7 Å². The molecule has 1 unspecified atom stereocenters. The summed E-state index contributed by atoms with van der Waals surface area (Å²) in [5.41, 5.74) is 2.89. The molecule has 2 heterocycles. The van der Waals surface area contributed by atoms with Crippen LogP contribution in [0.25, 0.3) is 0 Å². The summed E-state index contributed by atoms with van der Waals surface area (Å²) >= 11 is 0. The lowest BCUT2D eigenvalue weighted by Gasteiger charge is -2.43. The van der Waals surface area contributed by atoms with Gasteiger partial charge in [-0.15, -0.1) is 0 Å². The van der Waals surface area contributed by atoms with Gasteiger partial charge in [0.2, 0.25) is 5.91 Å². The maximum absolute atomic E-state index is 14.3. The first kappa shape index (κ1) is 21.1. The summed E-state index contributed by atoms with van der Waals surface area (Å²) in [6.07, 6.45) is 0.533. The lowest BCUT2D eigenvalue weighted by Crippen LogP contribution is -2.50. The Balaban J connectivity index is 1.67. The van der Waals surface area contributed by atoms with Crippen LogP contribution in [0.1, 0.15) is 49.4 Å². The van der Waals surface area contributed by atoms with Crippen molar-refractivity contribution in [2.45, 2.75) is 44.8 Å². The first-order valence-electron chi connectivity index (χ1n) is 11.2. The second kappa shape index (κ2) is 7.67. The van der Waals surface area contributed by atoms with Crippen LogP contribution >= 0.6 is 0 Å². The Morgan fingerprint density at radius 1 is 1.06 bits per heavy atom. The number of amides is 1. The number of carbonyl (C=O) groups is 1. The van der Waals surface area contributed by atoms with Crippen LogP contribution in [-0.4, -0.2) is 18.1 Å². The summed E-state index contributed by atoms with van der Waals surface area (Å²) in [6, 6.07) is 23.4. The SMILES string of the molecule is CCOc1ccc2c(c1)OC(C)(C)CC21C(=O)N(Cc2cccc(C#N)c2)c2ccccc21. The Morgan fingerprint density at radius 2 is 1.88 bits per heavy atom. The summed E-state index contributed by atoms with van der Waals surface area (Å²) in [4.78, 5) is 16.2. The third kappa shape index (κ3) is 3.34. The van der Waals surface area contributed by atoms with Gasteiger partial charge in [-0.25, -0.2) is 0 Å². The van der Waals surface area contributed by atoms with E-state index in [-0.39, 0.29) is 5.91 Å². The number of hydrogen-bond acceptors (Lipinski definition) is 4. The predicted molar refractivity (Wildman–Crippen MR) is 127 cm³/mol. The number of nitriles is 1. The number of rotatable bonds is 4. The molecule has 2 aliphatic rings. The van der Waals surface area contributed by atoms with Crippen molar-refractivity contribution in [1.82, 2.24) is 0 Å². The molecule has 0 saturated heterocycles. The van der Waals surface area contributed by atoms with Crippen LogP contribution in [0, 0.1) is 11.3 Å². The number of ether oxygens (including phenoxy) is 2. The number of carbonyl (C=O) groups excluding carboxylic acids is 1. The number of hydrogen-bond donors (Lipinski definition) is 0. The van der Waals surface area contributed by atoms with Crippen LogP contribution in [-0.2, 0) is 16.8 Å². The lowest BCUT2D eigenvalue weighted by molar-refractivity contribution is -0.124. The van der Waals surface area contributed by atoms with Crippen molar-refractivity contribution in [1.29, 1.82) is 5.26 Å². The molecule has 0 saturated carbocycles. The number of para-hydroxylation sites is 1. The Labute approximate surface area is 194 Å². The zero-order chi connectivity index (χ0) is 23.2. The smallest absolute Gasteiger partial charge is 0.242 e. The van der Waals surface area contributed by atoms with Crippen molar-refractivity contribution < 1.29 is 14.3 Å². The predicted octanol–water partition coefficient (Wildman–Crippen LogP) is 5.35. The van der Waals surface area contributed by atoms with E-state index in [0.29, 0.717) is 30.9 Å². The number of nitrogens with zero attached hydrogens (tertiary/aromatic N) is 2. The fourth-order valence-corrected chi connectivity index (χ4v) is 5.30. The van der Waals surface area contributed by atoms with Gasteiger partial charge in [-0.1, -0.05) is 36.4 Å². The average molecular weight is 439 g/mol. The van der Waals surface area contributed by atoms with E-state index < -0.39 is 11.0 Å². The molecule has 0 radical (unpaired) electrons. The van der Waals surface area contributed by atoms with Gasteiger partial charge in [0.25, 0.3) is 0 Å². The highest BCUT2D eigenvalue weighted by atomic mass is 16.5. The van der Waals surface area contributed by atoms with E-state index >= 15 is 0 Å². The van der Waals surface area contributed by atoms with Crippen molar-refractivity contribution in [3.05, 3.63) is 89.0 Å². The van der Waals surface area contributed by atoms with Gasteiger partial charge in [-0.3, -0.25) is 4.79 Å². The Kier molecular flexibility index (Phi) is 4.90. The molecular formula is C28H26N2O3. The van der Waals surface area contributed by atoms with Gasteiger partial charge in [0.1, 0.15) is 22.5 Å².